The molecule has 3 aromatic rings. The molecule has 0 bridgehead atoms. The molecular weight excluding hydrogens is 464 g/mol. The second kappa shape index (κ2) is 14.1. The highest BCUT2D eigenvalue weighted by molar-refractivity contribution is 5.86. The number of imidazole rings is 1. The van der Waals surface area contributed by atoms with Gasteiger partial charge in [0.05, 0.1) is 29.3 Å². The number of unbranched alkanes of at least 4 members (excludes halogenated alkanes) is 1. The summed E-state index contributed by atoms with van der Waals surface area (Å²) in [6.07, 6.45) is 7.61. The molecule has 168 valence electrons. The molecule has 0 aliphatic heterocycles. The lowest BCUT2D eigenvalue weighted by Crippen LogP contribution is -2.33. The molecule has 2 aromatic heterocycles. The SMILES string of the molecule is Cl.Cl.Cl.Cl.NCCCCN(Cc1nc2ccccc2[nH]1)C1CCCc2cccnc21. The number of hydrogen-bond donors (Lipinski definition) is 2. The Morgan fingerprint density at radius 2 is 1.83 bits per heavy atom. The number of nitrogens with zero attached hydrogens (tertiary/aromatic N) is 3. The average Bonchev–Trinajstić information content (AvgIpc) is 3.09. The monoisotopic (exact) mass is 493 g/mol. The zero-order valence-electron chi connectivity index (χ0n) is 16.8. The molecule has 1 aliphatic rings. The van der Waals surface area contributed by atoms with Crippen LogP contribution in [0, 0.1) is 0 Å². The molecule has 30 heavy (non-hydrogen) atoms. The molecule has 0 saturated carbocycles. The smallest absolute Gasteiger partial charge is 0.121 e. The number of para-hydroxylation sites is 2. The maximum atomic E-state index is 5.72. The van der Waals surface area contributed by atoms with Crippen LogP contribution in [0.3, 0.4) is 0 Å². The van der Waals surface area contributed by atoms with Crippen LogP contribution < -0.4 is 5.73 Å². The third kappa shape index (κ3) is 6.71. The van der Waals surface area contributed by atoms with Crippen molar-refractivity contribution in [3.63, 3.8) is 0 Å². The minimum atomic E-state index is 0. The van der Waals surface area contributed by atoms with E-state index in [2.05, 4.69) is 34.1 Å². The lowest BCUT2D eigenvalue weighted by atomic mass is 9.90. The zero-order chi connectivity index (χ0) is 17.8. The first-order chi connectivity index (χ1) is 12.8. The van der Waals surface area contributed by atoms with Crippen LogP contribution in [-0.4, -0.2) is 32.9 Å². The van der Waals surface area contributed by atoms with Crippen LogP contribution in [0.25, 0.3) is 11.0 Å². The van der Waals surface area contributed by atoms with Crippen molar-refractivity contribution in [1.29, 1.82) is 0 Å². The molecular formula is C21H31Cl4N5. The van der Waals surface area contributed by atoms with E-state index in [4.69, 9.17) is 15.7 Å². The van der Waals surface area contributed by atoms with E-state index < -0.39 is 0 Å². The van der Waals surface area contributed by atoms with Gasteiger partial charge in [-0.25, -0.2) is 4.98 Å². The van der Waals surface area contributed by atoms with Crippen molar-refractivity contribution in [2.45, 2.75) is 44.7 Å². The Morgan fingerprint density at radius 1 is 1.03 bits per heavy atom. The Bertz CT molecular complexity index is 840. The molecule has 0 fully saturated rings. The molecule has 1 atom stereocenters. The predicted octanol–water partition coefficient (Wildman–Crippen LogP) is 5.26. The number of aryl methyl sites for hydroxylation is 1. The number of benzene rings is 1. The number of rotatable bonds is 7. The number of H-pyrrole nitrogens is 1. The summed E-state index contributed by atoms with van der Waals surface area (Å²) < 4.78 is 0. The van der Waals surface area contributed by atoms with Gasteiger partial charge < -0.3 is 10.7 Å². The molecule has 4 rings (SSSR count). The number of hydrogen-bond acceptors (Lipinski definition) is 4. The molecule has 0 amide bonds. The highest BCUT2D eigenvalue weighted by atomic mass is 35.5. The second-order valence-corrected chi connectivity index (χ2v) is 7.12. The average molecular weight is 495 g/mol. The summed E-state index contributed by atoms with van der Waals surface area (Å²) in [6.45, 7) is 2.59. The molecule has 0 spiro atoms. The summed E-state index contributed by atoms with van der Waals surface area (Å²) >= 11 is 0. The first-order valence-electron chi connectivity index (χ1n) is 9.66. The van der Waals surface area contributed by atoms with Crippen LogP contribution in [0.4, 0.5) is 0 Å². The third-order valence-corrected chi connectivity index (χ3v) is 5.30. The number of halogens is 4. The molecule has 9 heteroatoms. The minimum Gasteiger partial charge on any atom is -0.341 e. The summed E-state index contributed by atoms with van der Waals surface area (Å²) in [5.74, 6) is 1.03. The predicted molar refractivity (Wildman–Crippen MR) is 134 cm³/mol. The standard InChI is InChI=1S/C21H27N5.4ClH/c22-12-3-4-14-26(15-20-24-17-9-1-2-10-18(17)25-20)19-11-5-7-16-8-6-13-23-21(16)19;;;;/h1-2,6,8-10,13,19H,3-5,7,11-12,14-15,22H2,(H,24,25);4*1H. The molecule has 3 N–H and O–H groups in total. The molecule has 1 aliphatic carbocycles. The Labute approximate surface area is 203 Å². The van der Waals surface area contributed by atoms with E-state index in [-0.39, 0.29) is 49.6 Å². The summed E-state index contributed by atoms with van der Waals surface area (Å²) in [4.78, 5) is 15.5. The van der Waals surface area contributed by atoms with E-state index in [0.717, 1.165) is 62.2 Å². The van der Waals surface area contributed by atoms with Crippen molar-refractivity contribution in [2.75, 3.05) is 13.1 Å². The fourth-order valence-corrected chi connectivity index (χ4v) is 4.02. The summed E-state index contributed by atoms with van der Waals surface area (Å²) in [6, 6.07) is 12.9. The summed E-state index contributed by atoms with van der Waals surface area (Å²) in [5.41, 5.74) is 10.5. The molecule has 2 heterocycles. The van der Waals surface area contributed by atoms with Gasteiger partial charge in [0.15, 0.2) is 0 Å². The number of nitrogens with one attached hydrogen (secondary N) is 1. The molecule has 0 radical (unpaired) electrons. The molecule has 1 unspecified atom stereocenters. The van der Waals surface area contributed by atoms with E-state index in [1.54, 1.807) is 0 Å². The first kappa shape index (κ1) is 28.9. The Balaban J connectivity index is 0.00000210. The van der Waals surface area contributed by atoms with Crippen molar-refractivity contribution < 1.29 is 0 Å². The number of fused-ring (bicyclic) bond motifs is 2. The summed E-state index contributed by atoms with van der Waals surface area (Å²) in [5, 5.41) is 0. The maximum Gasteiger partial charge on any atom is 0.121 e. The molecule has 5 nitrogen and oxygen atoms in total. The van der Waals surface area contributed by atoms with Gasteiger partial charge in [0.1, 0.15) is 5.82 Å². The van der Waals surface area contributed by atoms with Gasteiger partial charge in [-0.3, -0.25) is 9.88 Å². The number of nitrogens with two attached hydrogens (primary N) is 1. The minimum absolute atomic E-state index is 0. The van der Waals surface area contributed by atoms with Gasteiger partial charge in [-0.15, -0.1) is 49.6 Å². The van der Waals surface area contributed by atoms with Gasteiger partial charge in [0.25, 0.3) is 0 Å². The quantitative estimate of drug-likeness (QED) is 0.439. The van der Waals surface area contributed by atoms with Crippen LogP contribution in [0.1, 0.15) is 48.8 Å². The summed E-state index contributed by atoms with van der Waals surface area (Å²) in [7, 11) is 0. The van der Waals surface area contributed by atoms with Crippen molar-refractivity contribution in [1.82, 2.24) is 19.9 Å². The molecule has 0 saturated heterocycles. The van der Waals surface area contributed by atoms with Gasteiger partial charge >= 0.3 is 0 Å². The van der Waals surface area contributed by atoms with Gasteiger partial charge in [-0.1, -0.05) is 18.2 Å². The van der Waals surface area contributed by atoms with E-state index in [1.807, 2.05) is 18.3 Å². The van der Waals surface area contributed by atoms with Gasteiger partial charge in [-0.2, -0.15) is 0 Å². The second-order valence-electron chi connectivity index (χ2n) is 7.12. The first-order valence-corrected chi connectivity index (χ1v) is 9.66. The van der Waals surface area contributed by atoms with E-state index in [9.17, 15) is 0 Å². The number of pyridine rings is 1. The number of aromatic nitrogens is 3. The lowest BCUT2D eigenvalue weighted by Gasteiger charge is -2.34. The van der Waals surface area contributed by atoms with Crippen LogP contribution >= 0.6 is 49.6 Å². The Morgan fingerprint density at radius 3 is 2.60 bits per heavy atom. The van der Waals surface area contributed by atoms with Crippen LogP contribution in [0.2, 0.25) is 0 Å². The van der Waals surface area contributed by atoms with Crippen molar-refractivity contribution >= 4 is 60.7 Å². The fraction of sp³-hybridized carbons (Fsp3) is 0.429. The topological polar surface area (TPSA) is 70.8 Å². The lowest BCUT2D eigenvalue weighted by molar-refractivity contribution is 0.159. The van der Waals surface area contributed by atoms with Crippen LogP contribution in [0.15, 0.2) is 42.6 Å². The largest absolute Gasteiger partial charge is 0.341 e. The normalized spacial score (nSPS) is 14.7. The van der Waals surface area contributed by atoms with Crippen molar-refractivity contribution in [2.24, 2.45) is 5.73 Å². The van der Waals surface area contributed by atoms with E-state index in [0.29, 0.717) is 6.04 Å². The highest BCUT2D eigenvalue weighted by Crippen LogP contribution is 2.33. The maximum absolute atomic E-state index is 5.72. The van der Waals surface area contributed by atoms with Crippen molar-refractivity contribution in [3.05, 3.63) is 59.7 Å². The zero-order valence-corrected chi connectivity index (χ0v) is 20.1. The van der Waals surface area contributed by atoms with E-state index in [1.165, 1.54) is 17.7 Å². The van der Waals surface area contributed by atoms with Crippen LogP contribution in [-0.2, 0) is 13.0 Å². The number of aromatic amines is 1. The highest BCUT2D eigenvalue weighted by Gasteiger charge is 2.27. The van der Waals surface area contributed by atoms with Crippen molar-refractivity contribution in [3.8, 4) is 0 Å². The molecule has 1 aromatic carbocycles. The van der Waals surface area contributed by atoms with Gasteiger partial charge in [-0.05, 0) is 69.0 Å². The van der Waals surface area contributed by atoms with Crippen LogP contribution in [0.5, 0.6) is 0 Å². The Kier molecular flexibility index (Phi) is 13.6. The van der Waals surface area contributed by atoms with E-state index >= 15 is 0 Å². The third-order valence-electron chi connectivity index (χ3n) is 5.30. The fourth-order valence-electron chi connectivity index (χ4n) is 4.02. The van der Waals surface area contributed by atoms with Gasteiger partial charge in [0.2, 0.25) is 0 Å². The van der Waals surface area contributed by atoms with Gasteiger partial charge in [0, 0.05) is 6.20 Å². The Hall–Kier alpha value is -1.08.